The van der Waals surface area contributed by atoms with Crippen LogP contribution in [0.2, 0.25) is 0 Å². The van der Waals surface area contributed by atoms with E-state index in [-0.39, 0.29) is 121 Å². The second-order valence-electron chi connectivity index (χ2n) is 34.3. The van der Waals surface area contributed by atoms with E-state index in [1.807, 2.05) is 102 Å². The van der Waals surface area contributed by atoms with Gasteiger partial charge in [-0.05, 0) is 198 Å². The van der Waals surface area contributed by atoms with E-state index >= 15 is 0 Å². The zero-order valence-electron chi connectivity index (χ0n) is 74.9. The predicted octanol–water partition coefficient (Wildman–Crippen LogP) is 18.8. The molecule has 0 aliphatic rings. The predicted molar refractivity (Wildman–Crippen MR) is 478 cm³/mol. The molecule has 0 aromatic heterocycles. The molecular weight excluding hydrogens is 1710 g/mol. The molecule has 0 saturated carbocycles. The number of hydrogen-bond donors (Lipinski definition) is 0. The molecule has 0 atom stereocenters. The average Bonchev–Trinajstić information content (AvgIpc) is 0.756. The summed E-state index contributed by atoms with van der Waals surface area (Å²) < 4.78 is 243. The summed E-state index contributed by atoms with van der Waals surface area (Å²) in [6.07, 6.45) is -1.10. The van der Waals surface area contributed by atoms with Crippen molar-refractivity contribution in [2.24, 2.45) is 22.2 Å². The SMILES string of the molecule is CCN(CC)S(=O)(=O)c1cc(C)ccc1-c1ccc(C)cc1S(=O)(=O)N(CC)CC.Cc1ccc(-c2ccc(C)cc2S(=O)(=O)OC(C)C)c(S(=O)(=O)OC(C)C)c1.Cc1ccc(-c2ccc(C)cc2S(=O)(=O)OCC(C)(C)C)c(S(=O)(=O)OCC(C)(C)C)c1.Cc1ccc(-c2ccc(C)cc2S(=O)(=O)OCC(C)(C)C)c(S(=O)(=O)OCC(C)C)c1. The highest BCUT2D eigenvalue weighted by Crippen LogP contribution is 2.42. The van der Waals surface area contributed by atoms with Gasteiger partial charge in [-0.25, -0.2) is 16.8 Å². The molecule has 0 aliphatic carbocycles. The minimum atomic E-state index is -4.14. The zero-order valence-corrected chi connectivity index (χ0v) is 81.4. The molecule has 0 unspecified atom stereocenters. The molecule has 0 bridgehead atoms. The first kappa shape index (κ1) is 105. The lowest BCUT2D eigenvalue weighted by molar-refractivity contribution is 0.203. The van der Waals surface area contributed by atoms with Crippen LogP contribution in [0.15, 0.2) is 185 Å². The molecule has 0 aliphatic heterocycles. The Kier molecular flexibility index (Phi) is 36.2. The van der Waals surface area contributed by atoms with Gasteiger partial charge < -0.3 is 0 Å². The van der Waals surface area contributed by atoms with Crippen molar-refractivity contribution in [3.8, 4) is 44.5 Å². The van der Waals surface area contributed by atoms with Gasteiger partial charge in [0.25, 0.3) is 60.7 Å². The third-order valence-electron chi connectivity index (χ3n) is 17.7. The summed E-state index contributed by atoms with van der Waals surface area (Å²) in [7, 11) is -32.3. The zero-order chi connectivity index (χ0) is 92.1. The maximum Gasteiger partial charge on any atom is 0.297 e. The minimum absolute atomic E-state index is 0.000726. The smallest absolute Gasteiger partial charge is 0.266 e. The molecule has 0 heterocycles. The molecule has 0 saturated heterocycles. The van der Waals surface area contributed by atoms with Crippen molar-refractivity contribution in [2.45, 2.75) is 238 Å². The summed E-state index contributed by atoms with van der Waals surface area (Å²) >= 11 is 0. The third kappa shape index (κ3) is 29.3. The summed E-state index contributed by atoms with van der Waals surface area (Å²) in [5.41, 5.74) is 7.11. The molecule has 8 aromatic carbocycles. The van der Waals surface area contributed by atoms with Gasteiger partial charge in [-0.3, -0.25) is 25.1 Å². The monoisotopic (exact) mass is 1830 g/mol. The van der Waals surface area contributed by atoms with Crippen molar-refractivity contribution in [3.05, 3.63) is 190 Å². The first-order chi connectivity index (χ1) is 55.4. The second-order valence-corrected chi connectivity index (χ2v) is 47.6. The Bertz CT molecular complexity index is 5680. The Morgan fingerprint density at radius 3 is 0.587 bits per heavy atom. The minimum Gasteiger partial charge on any atom is -0.266 e. The second kappa shape index (κ2) is 41.9. The van der Waals surface area contributed by atoms with E-state index in [9.17, 15) is 67.3 Å². The largest absolute Gasteiger partial charge is 0.297 e. The molecule has 0 fully saturated rings. The number of nitrogens with zero attached hydrogens (tertiary/aromatic N) is 2. The van der Waals surface area contributed by atoms with Gasteiger partial charge in [0.05, 0.1) is 48.4 Å². The Balaban J connectivity index is 0.000000287. The van der Waals surface area contributed by atoms with Gasteiger partial charge in [0, 0.05) is 70.7 Å². The molecule has 670 valence electrons. The van der Waals surface area contributed by atoms with Crippen LogP contribution >= 0.6 is 0 Å². The normalized spacial score (nSPS) is 13.0. The third-order valence-corrected chi connectivity index (χ3v) is 30.1. The van der Waals surface area contributed by atoms with Gasteiger partial charge in [-0.1, -0.05) is 201 Å². The highest BCUT2D eigenvalue weighted by Gasteiger charge is 2.35. The van der Waals surface area contributed by atoms with Crippen LogP contribution in [0.3, 0.4) is 0 Å². The van der Waals surface area contributed by atoms with E-state index in [1.165, 1.54) is 45.0 Å². The van der Waals surface area contributed by atoms with Crippen LogP contribution in [0.4, 0.5) is 0 Å². The number of sulfonamides is 2. The summed E-state index contributed by atoms with van der Waals surface area (Å²) in [6.45, 7) is 49.8. The van der Waals surface area contributed by atoms with Crippen molar-refractivity contribution in [1.82, 2.24) is 8.61 Å². The van der Waals surface area contributed by atoms with E-state index < -0.39 is 93.0 Å². The van der Waals surface area contributed by atoms with Crippen molar-refractivity contribution in [1.29, 1.82) is 0 Å². The summed E-state index contributed by atoms with van der Waals surface area (Å²) in [5.74, 6) is 0.0177. The van der Waals surface area contributed by atoms with Gasteiger partial charge in [0.2, 0.25) is 20.0 Å². The van der Waals surface area contributed by atoms with Crippen molar-refractivity contribution in [3.63, 3.8) is 0 Å². The highest BCUT2D eigenvalue weighted by molar-refractivity contribution is 7.90. The summed E-state index contributed by atoms with van der Waals surface area (Å²) in [4.78, 5) is -0.171. The highest BCUT2D eigenvalue weighted by atomic mass is 32.2. The topological polar surface area (TPSA) is 335 Å². The lowest BCUT2D eigenvalue weighted by Gasteiger charge is -2.24. The molecule has 32 heteroatoms. The molecule has 0 amide bonds. The molecule has 0 spiro atoms. The maximum absolute atomic E-state index is 13.4. The Morgan fingerprint density at radius 1 is 0.256 bits per heavy atom. The van der Waals surface area contributed by atoms with Crippen LogP contribution in [0.25, 0.3) is 44.5 Å². The quantitative estimate of drug-likeness (QED) is 0.0364. The fourth-order valence-electron chi connectivity index (χ4n) is 11.7. The molecule has 8 rings (SSSR count). The number of rotatable bonds is 31. The van der Waals surface area contributed by atoms with Crippen LogP contribution in [0.1, 0.15) is 176 Å². The van der Waals surface area contributed by atoms with E-state index in [0.29, 0.717) is 65.1 Å². The van der Waals surface area contributed by atoms with Crippen LogP contribution in [-0.2, 0) is 106 Å². The fraction of sp³-hybridized carbons (Fsp3) is 0.461. The standard InChI is InChI=1S/C24H34O6S2.C23H32O6S2.C22H32N2O4S2.C20H26O6S2/c1-17-9-11-19(21(13-17)31(25,26)29-15-23(3,4)5)20-12-10-18(2)14-22(20)32(27,28)30-16-24(6,7)8;1-16(2)14-28-30(24,25)21-12-17(3)8-10-19(21)20-11-9-18(4)13-22(20)31(26,27)29-15-23(5,6)7;1-7-23(8-2)29(25,26)21-15-17(5)11-13-19(21)20-14-12-18(6)16-22(20)30(27,28)24(9-3)10-4;1-13(2)25-27(21,22)19-11-15(5)7-9-17(19)18-10-8-16(6)12-20(18)28(23,24)26-14(3)4/h9-14H,15-16H2,1-8H3;8-13,16H,14-15H2,1-7H3;11-16H,7-10H2,1-6H3;7-14H,1-6H3. The summed E-state index contributed by atoms with van der Waals surface area (Å²) in [6, 6.07) is 39.2. The van der Waals surface area contributed by atoms with E-state index in [2.05, 4.69) is 0 Å². The van der Waals surface area contributed by atoms with E-state index in [0.717, 1.165) is 16.7 Å². The lowest BCUT2D eigenvalue weighted by atomic mass is 9.99. The molecule has 8 aromatic rings. The van der Waals surface area contributed by atoms with Gasteiger partial charge in [-0.15, -0.1) is 0 Å². The average molecular weight is 1830 g/mol. The van der Waals surface area contributed by atoms with Crippen molar-refractivity contribution in [2.75, 3.05) is 52.6 Å². The Hall–Kier alpha value is -6.96. The van der Waals surface area contributed by atoms with Crippen LogP contribution in [-0.4, -0.2) is 141 Å². The maximum atomic E-state index is 13.4. The van der Waals surface area contributed by atoms with Gasteiger partial charge in [0.15, 0.2) is 0 Å². The number of benzene rings is 8. The Labute approximate surface area is 724 Å². The lowest BCUT2D eigenvalue weighted by Crippen LogP contribution is -2.32. The molecule has 121 heavy (non-hydrogen) atoms. The molecule has 0 radical (unpaired) electrons. The van der Waals surface area contributed by atoms with E-state index in [4.69, 9.17) is 25.1 Å². The fourth-order valence-corrected chi connectivity index (χ4v) is 23.6. The van der Waals surface area contributed by atoms with Crippen LogP contribution < -0.4 is 0 Å². The number of aryl methyl sites for hydroxylation is 8. The number of hydrogen-bond acceptors (Lipinski definition) is 22. The molecular formula is C89H124N2O22S8. The Morgan fingerprint density at radius 2 is 0.421 bits per heavy atom. The first-order valence-electron chi connectivity index (χ1n) is 39.7. The van der Waals surface area contributed by atoms with Crippen LogP contribution in [0.5, 0.6) is 0 Å². The molecule has 0 N–H and O–H groups in total. The first-order valence-corrected chi connectivity index (χ1v) is 51.1. The van der Waals surface area contributed by atoms with Crippen molar-refractivity contribution < 1.29 is 92.4 Å². The van der Waals surface area contributed by atoms with Gasteiger partial charge >= 0.3 is 0 Å². The van der Waals surface area contributed by atoms with Gasteiger partial charge in [0.1, 0.15) is 29.4 Å². The van der Waals surface area contributed by atoms with E-state index in [1.54, 1.807) is 194 Å². The van der Waals surface area contributed by atoms with Crippen molar-refractivity contribution >= 4 is 80.8 Å². The van der Waals surface area contributed by atoms with Gasteiger partial charge in [-0.2, -0.15) is 59.1 Å². The summed E-state index contributed by atoms with van der Waals surface area (Å²) in [5, 5.41) is 0. The van der Waals surface area contributed by atoms with Crippen LogP contribution in [0, 0.1) is 77.6 Å². The molecule has 24 nitrogen and oxygen atoms in total.